The molecule has 0 spiro atoms. The van der Waals surface area contributed by atoms with Crippen LogP contribution in [0, 0.1) is 13.8 Å². The molecule has 1 N–H and O–H groups in total. The minimum atomic E-state index is -4.52. The zero-order valence-electron chi connectivity index (χ0n) is 18.6. The second-order valence-electron chi connectivity index (χ2n) is 7.76. The van der Waals surface area contributed by atoms with Gasteiger partial charge in [-0.15, -0.1) is 5.10 Å². The van der Waals surface area contributed by atoms with Crippen LogP contribution >= 0.6 is 11.8 Å². The van der Waals surface area contributed by atoms with Crippen molar-refractivity contribution < 1.29 is 22.7 Å². The van der Waals surface area contributed by atoms with Crippen molar-refractivity contribution in [1.82, 2.24) is 20.2 Å². The molecule has 0 saturated carbocycles. The maximum atomic E-state index is 13.3. The summed E-state index contributed by atoms with van der Waals surface area (Å²) < 4.78 is 46.8. The van der Waals surface area contributed by atoms with Crippen LogP contribution in [0.5, 0.6) is 0 Å². The Bertz CT molecular complexity index is 1180. The zero-order chi connectivity index (χ0) is 24.3. The van der Waals surface area contributed by atoms with Gasteiger partial charge in [0, 0.05) is 13.1 Å². The molecule has 8 nitrogen and oxygen atoms in total. The first-order chi connectivity index (χ1) is 16.2. The van der Waals surface area contributed by atoms with Crippen molar-refractivity contribution >= 4 is 29.0 Å². The molecule has 1 saturated heterocycles. The smallest absolute Gasteiger partial charge is 0.378 e. The van der Waals surface area contributed by atoms with Crippen LogP contribution in [-0.2, 0) is 15.7 Å². The number of amides is 1. The summed E-state index contributed by atoms with van der Waals surface area (Å²) in [5, 5.41) is 14.8. The lowest BCUT2D eigenvalue weighted by Gasteiger charge is -2.31. The third-order valence-corrected chi connectivity index (χ3v) is 6.45. The van der Waals surface area contributed by atoms with Gasteiger partial charge in [0.15, 0.2) is 0 Å². The van der Waals surface area contributed by atoms with E-state index in [1.165, 1.54) is 6.07 Å². The molecule has 4 rings (SSSR count). The molecule has 2 heterocycles. The molecule has 1 amide bonds. The van der Waals surface area contributed by atoms with Gasteiger partial charge in [-0.25, -0.2) is 0 Å². The van der Waals surface area contributed by atoms with Crippen molar-refractivity contribution in [3.05, 3.63) is 53.1 Å². The van der Waals surface area contributed by atoms with E-state index in [1.54, 1.807) is 4.68 Å². The number of carbonyl (C=O) groups excluding carboxylic acids is 1. The monoisotopic (exact) mass is 492 g/mol. The SMILES string of the molecule is Cc1cccc(-n2nnnc2SCC(=O)Nc2cc(C(F)(F)F)ccc2N2CCOCC2)c1C. The van der Waals surface area contributed by atoms with Crippen LogP contribution in [0.4, 0.5) is 24.5 Å². The van der Waals surface area contributed by atoms with E-state index < -0.39 is 17.6 Å². The maximum absolute atomic E-state index is 13.3. The van der Waals surface area contributed by atoms with Crippen molar-refractivity contribution in [2.24, 2.45) is 0 Å². The lowest BCUT2D eigenvalue weighted by molar-refractivity contribution is -0.137. The summed E-state index contributed by atoms with van der Waals surface area (Å²) >= 11 is 1.10. The average Bonchev–Trinajstić information content (AvgIpc) is 3.28. The molecule has 2 aromatic carbocycles. The van der Waals surface area contributed by atoms with Gasteiger partial charge < -0.3 is 15.0 Å². The third kappa shape index (κ3) is 5.33. The van der Waals surface area contributed by atoms with E-state index in [2.05, 4.69) is 20.8 Å². The van der Waals surface area contributed by atoms with Gasteiger partial charge >= 0.3 is 6.18 Å². The fourth-order valence-electron chi connectivity index (χ4n) is 3.59. The predicted molar refractivity (Wildman–Crippen MR) is 122 cm³/mol. The number of morpholine rings is 1. The molecule has 1 fully saturated rings. The van der Waals surface area contributed by atoms with Crippen LogP contribution in [0.1, 0.15) is 16.7 Å². The number of alkyl halides is 3. The second-order valence-corrected chi connectivity index (χ2v) is 8.70. The minimum absolute atomic E-state index is 0.0793. The number of nitrogens with zero attached hydrogens (tertiary/aromatic N) is 5. The lowest BCUT2D eigenvalue weighted by atomic mass is 10.1. The highest BCUT2D eigenvalue weighted by molar-refractivity contribution is 7.99. The largest absolute Gasteiger partial charge is 0.416 e. The second kappa shape index (κ2) is 10.0. The number of hydrogen-bond acceptors (Lipinski definition) is 7. The molecule has 0 bridgehead atoms. The average molecular weight is 493 g/mol. The van der Waals surface area contributed by atoms with E-state index >= 15 is 0 Å². The molecule has 0 aliphatic carbocycles. The molecule has 1 aliphatic heterocycles. The molecular formula is C22H23F3N6O2S. The van der Waals surface area contributed by atoms with E-state index in [-0.39, 0.29) is 11.4 Å². The van der Waals surface area contributed by atoms with Crippen molar-refractivity contribution in [2.75, 3.05) is 42.3 Å². The quantitative estimate of drug-likeness (QED) is 0.523. The number of carbonyl (C=O) groups is 1. The zero-order valence-corrected chi connectivity index (χ0v) is 19.4. The molecule has 3 aromatic rings. The molecule has 1 aromatic heterocycles. The van der Waals surface area contributed by atoms with Crippen LogP contribution in [-0.4, -0.2) is 58.2 Å². The number of tetrazole rings is 1. The lowest BCUT2D eigenvalue weighted by Crippen LogP contribution is -2.37. The predicted octanol–water partition coefficient (Wildman–Crippen LogP) is 3.87. The van der Waals surface area contributed by atoms with Crippen LogP contribution in [0.2, 0.25) is 0 Å². The summed E-state index contributed by atoms with van der Waals surface area (Å²) in [7, 11) is 0. The van der Waals surface area contributed by atoms with Gasteiger partial charge in [0.2, 0.25) is 11.1 Å². The number of aryl methyl sites for hydroxylation is 1. The Kier molecular flexibility index (Phi) is 7.08. The first-order valence-corrected chi connectivity index (χ1v) is 11.5. The van der Waals surface area contributed by atoms with Crippen molar-refractivity contribution in [1.29, 1.82) is 0 Å². The molecule has 12 heteroatoms. The van der Waals surface area contributed by atoms with Crippen molar-refractivity contribution in [2.45, 2.75) is 25.2 Å². The summed E-state index contributed by atoms with van der Waals surface area (Å²) in [6.45, 7) is 5.90. The van der Waals surface area contributed by atoms with Gasteiger partial charge in [-0.1, -0.05) is 23.9 Å². The van der Waals surface area contributed by atoms with Gasteiger partial charge in [-0.05, 0) is 59.7 Å². The van der Waals surface area contributed by atoms with E-state index in [9.17, 15) is 18.0 Å². The van der Waals surface area contributed by atoms with E-state index in [0.29, 0.717) is 37.1 Å². The highest BCUT2D eigenvalue weighted by atomic mass is 32.2. The maximum Gasteiger partial charge on any atom is 0.416 e. The molecule has 34 heavy (non-hydrogen) atoms. The van der Waals surface area contributed by atoms with Crippen LogP contribution in [0.25, 0.3) is 5.69 Å². The van der Waals surface area contributed by atoms with Gasteiger partial charge in [-0.3, -0.25) is 4.79 Å². The fourth-order valence-corrected chi connectivity index (χ4v) is 4.28. The number of halogens is 3. The molecule has 0 unspecified atom stereocenters. The Morgan fingerprint density at radius 1 is 1.15 bits per heavy atom. The summed E-state index contributed by atoms with van der Waals surface area (Å²) in [4.78, 5) is 14.6. The number of thioether (sulfide) groups is 1. The van der Waals surface area contributed by atoms with Gasteiger partial charge in [0.1, 0.15) is 0 Å². The Morgan fingerprint density at radius 3 is 2.65 bits per heavy atom. The number of rotatable bonds is 6. The minimum Gasteiger partial charge on any atom is -0.378 e. The van der Waals surface area contributed by atoms with Crippen LogP contribution < -0.4 is 10.2 Å². The highest BCUT2D eigenvalue weighted by Crippen LogP contribution is 2.36. The standard InChI is InChI=1S/C22H23F3N6O2S/c1-14-4-3-5-18(15(14)2)31-21(27-28-29-31)34-13-20(32)26-17-12-16(22(23,24)25)6-7-19(17)30-8-10-33-11-9-30/h3-7,12H,8-11,13H2,1-2H3,(H,26,32). The first kappa shape index (κ1) is 24.0. The Hall–Kier alpha value is -3.12. The highest BCUT2D eigenvalue weighted by Gasteiger charge is 2.32. The van der Waals surface area contributed by atoms with Crippen LogP contribution in [0.3, 0.4) is 0 Å². The van der Waals surface area contributed by atoms with E-state index in [1.807, 2.05) is 36.9 Å². The van der Waals surface area contributed by atoms with Crippen LogP contribution in [0.15, 0.2) is 41.6 Å². The van der Waals surface area contributed by atoms with Gasteiger partial charge in [-0.2, -0.15) is 17.9 Å². The first-order valence-electron chi connectivity index (χ1n) is 10.6. The van der Waals surface area contributed by atoms with E-state index in [0.717, 1.165) is 40.7 Å². The van der Waals surface area contributed by atoms with Gasteiger partial charge in [0.05, 0.1) is 41.6 Å². The fraction of sp³-hybridized carbons (Fsp3) is 0.364. The number of aromatic nitrogens is 4. The summed E-state index contributed by atoms with van der Waals surface area (Å²) in [5.74, 6) is -0.543. The number of nitrogens with one attached hydrogen (secondary N) is 1. The number of benzene rings is 2. The molecular weight excluding hydrogens is 469 g/mol. The Morgan fingerprint density at radius 2 is 1.91 bits per heavy atom. The van der Waals surface area contributed by atoms with Crippen molar-refractivity contribution in [3.63, 3.8) is 0 Å². The number of hydrogen-bond donors (Lipinski definition) is 1. The molecule has 0 atom stereocenters. The molecule has 180 valence electrons. The summed E-state index contributed by atoms with van der Waals surface area (Å²) in [6, 6.07) is 9.12. The topological polar surface area (TPSA) is 85.2 Å². The molecule has 0 radical (unpaired) electrons. The molecule has 1 aliphatic rings. The van der Waals surface area contributed by atoms with E-state index in [4.69, 9.17) is 4.74 Å². The Labute approximate surface area is 198 Å². The Balaban J connectivity index is 1.51. The third-order valence-electron chi connectivity index (χ3n) is 5.53. The summed E-state index contributed by atoms with van der Waals surface area (Å²) in [5.41, 5.74) is 2.67. The number of ether oxygens (including phenoxy) is 1. The summed E-state index contributed by atoms with van der Waals surface area (Å²) in [6.07, 6.45) is -4.52. The normalized spacial score (nSPS) is 14.3. The van der Waals surface area contributed by atoms with Gasteiger partial charge in [0.25, 0.3) is 0 Å². The van der Waals surface area contributed by atoms with Crippen molar-refractivity contribution in [3.8, 4) is 5.69 Å². The number of anilines is 2.